The highest BCUT2D eigenvalue weighted by Crippen LogP contribution is 2.36. The molecule has 0 spiro atoms. The van der Waals surface area contributed by atoms with Gasteiger partial charge >= 0.3 is 0 Å². The van der Waals surface area contributed by atoms with E-state index < -0.39 is 17.7 Å². The number of carbonyl (C=O) groups is 1. The van der Waals surface area contributed by atoms with E-state index in [2.05, 4.69) is 27.3 Å². The standard InChI is InChI=1S/C23H24F2N6O2/c1-13-21-19(30(3)22(14(2)33-4)23(32)29-21)8-20(28-13)26-9-15-10-27-31(11-15)12-16-17(24)6-5-7-18(16)25/h5-8,10-11,22H,2,9,12H2,1,3-4H3,(H,26,28)(H,29,32)/t22-/m0/s1. The third-order valence-corrected chi connectivity index (χ3v) is 5.55. The predicted octanol–water partition coefficient (Wildman–Crippen LogP) is 3.44. The fourth-order valence-electron chi connectivity index (χ4n) is 3.78. The van der Waals surface area contributed by atoms with Crippen molar-refractivity contribution in [3.63, 3.8) is 0 Å². The molecule has 0 saturated carbocycles. The van der Waals surface area contributed by atoms with Gasteiger partial charge in [-0.2, -0.15) is 5.10 Å². The van der Waals surface area contributed by atoms with Crippen LogP contribution in [0.3, 0.4) is 0 Å². The molecule has 33 heavy (non-hydrogen) atoms. The number of nitrogens with one attached hydrogen (secondary N) is 2. The van der Waals surface area contributed by atoms with Crippen LogP contribution in [-0.2, 0) is 22.6 Å². The molecule has 1 aliphatic rings. The van der Waals surface area contributed by atoms with Crippen molar-refractivity contribution in [1.29, 1.82) is 0 Å². The number of likely N-dealkylation sites (N-methyl/N-ethyl adjacent to an activating group) is 1. The van der Waals surface area contributed by atoms with E-state index in [4.69, 9.17) is 4.74 Å². The highest BCUT2D eigenvalue weighted by molar-refractivity contribution is 6.05. The van der Waals surface area contributed by atoms with Crippen LogP contribution in [0.1, 0.15) is 16.8 Å². The summed E-state index contributed by atoms with van der Waals surface area (Å²) >= 11 is 0. The molecule has 2 N–H and O–H groups in total. The van der Waals surface area contributed by atoms with Crippen LogP contribution in [0.2, 0.25) is 0 Å². The zero-order valence-corrected chi connectivity index (χ0v) is 18.5. The quantitative estimate of drug-likeness (QED) is 0.532. The van der Waals surface area contributed by atoms with Gasteiger partial charge in [0.2, 0.25) is 0 Å². The number of rotatable bonds is 7. The lowest BCUT2D eigenvalue weighted by Gasteiger charge is -2.36. The van der Waals surface area contributed by atoms with Crippen molar-refractivity contribution in [1.82, 2.24) is 14.8 Å². The minimum atomic E-state index is -0.658. The maximum Gasteiger partial charge on any atom is 0.255 e. The maximum absolute atomic E-state index is 13.9. The van der Waals surface area contributed by atoms with Crippen LogP contribution < -0.4 is 15.5 Å². The molecule has 3 heterocycles. The molecule has 3 aromatic rings. The second kappa shape index (κ2) is 8.89. The molecule has 1 atom stereocenters. The second-order valence-corrected chi connectivity index (χ2v) is 7.76. The van der Waals surface area contributed by atoms with Crippen molar-refractivity contribution in [3.8, 4) is 0 Å². The Balaban J connectivity index is 1.49. The number of benzene rings is 1. The van der Waals surface area contributed by atoms with E-state index in [1.165, 1.54) is 30.0 Å². The predicted molar refractivity (Wildman–Crippen MR) is 121 cm³/mol. The van der Waals surface area contributed by atoms with E-state index in [1.54, 1.807) is 24.3 Å². The molecule has 1 aromatic carbocycles. The zero-order valence-electron chi connectivity index (χ0n) is 18.5. The van der Waals surface area contributed by atoms with Crippen molar-refractivity contribution in [2.24, 2.45) is 0 Å². The SMILES string of the molecule is C=C(OC)[C@H]1C(=O)Nc2c(cc(NCc3cnn(Cc4c(F)cccc4F)c3)nc2C)N1C. The number of aromatic nitrogens is 3. The largest absolute Gasteiger partial charge is 0.499 e. The van der Waals surface area contributed by atoms with Gasteiger partial charge in [0.25, 0.3) is 5.91 Å². The van der Waals surface area contributed by atoms with Gasteiger partial charge in [-0.15, -0.1) is 0 Å². The molecule has 1 aliphatic heterocycles. The van der Waals surface area contributed by atoms with Crippen molar-refractivity contribution in [2.45, 2.75) is 26.1 Å². The van der Waals surface area contributed by atoms with Gasteiger partial charge in [0.15, 0.2) is 6.04 Å². The molecular weight excluding hydrogens is 430 g/mol. The summed E-state index contributed by atoms with van der Waals surface area (Å²) < 4.78 is 34.5. The number of ether oxygens (including phenoxy) is 1. The number of pyridine rings is 1. The Morgan fingerprint density at radius 3 is 2.76 bits per heavy atom. The summed E-state index contributed by atoms with van der Waals surface area (Å²) in [5.74, 6) is -0.512. The average molecular weight is 454 g/mol. The summed E-state index contributed by atoms with van der Waals surface area (Å²) in [5.41, 5.74) is 2.84. The Morgan fingerprint density at radius 1 is 1.33 bits per heavy atom. The van der Waals surface area contributed by atoms with Crippen LogP contribution in [-0.4, -0.2) is 40.9 Å². The summed E-state index contributed by atoms with van der Waals surface area (Å²) in [6, 6.07) is 4.95. The van der Waals surface area contributed by atoms with Crippen LogP contribution in [0.25, 0.3) is 0 Å². The Kier molecular flexibility index (Phi) is 5.99. The molecule has 0 bridgehead atoms. The number of aryl methyl sites for hydroxylation is 1. The van der Waals surface area contributed by atoms with Crippen LogP contribution in [0.5, 0.6) is 0 Å². The minimum absolute atomic E-state index is 0.00994. The van der Waals surface area contributed by atoms with E-state index in [0.717, 1.165) is 11.3 Å². The molecule has 2 aromatic heterocycles. The second-order valence-electron chi connectivity index (χ2n) is 7.76. The normalized spacial score (nSPS) is 15.1. The molecule has 8 nitrogen and oxygen atoms in total. The number of fused-ring (bicyclic) bond motifs is 1. The number of carbonyl (C=O) groups excluding carboxylic acids is 1. The Morgan fingerprint density at radius 2 is 2.06 bits per heavy atom. The third kappa shape index (κ3) is 4.36. The summed E-state index contributed by atoms with van der Waals surface area (Å²) in [6.07, 6.45) is 3.34. The molecule has 4 rings (SSSR count). The first-order valence-electron chi connectivity index (χ1n) is 10.2. The van der Waals surface area contributed by atoms with E-state index in [-0.39, 0.29) is 18.0 Å². The number of amides is 1. The van der Waals surface area contributed by atoms with Crippen LogP contribution in [0, 0.1) is 18.6 Å². The van der Waals surface area contributed by atoms with Crippen molar-refractivity contribution >= 4 is 23.1 Å². The van der Waals surface area contributed by atoms with Crippen molar-refractivity contribution in [2.75, 3.05) is 29.7 Å². The lowest BCUT2D eigenvalue weighted by Crippen LogP contribution is -2.47. The van der Waals surface area contributed by atoms with Gasteiger partial charge in [0.1, 0.15) is 23.2 Å². The third-order valence-electron chi connectivity index (χ3n) is 5.55. The molecular formula is C23H24F2N6O2. The lowest BCUT2D eigenvalue weighted by atomic mass is 10.1. The fraction of sp³-hybridized carbons (Fsp3) is 0.261. The zero-order chi connectivity index (χ0) is 23.7. The number of hydrogen-bond acceptors (Lipinski definition) is 6. The van der Waals surface area contributed by atoms with E-state index in [1.807, 2.05) is 13.0 Å². The monoisotopic (exact) mass is 454 g/mol. The first-order chi connectivity index (χ1) is 15.8. The summed E-state index contributed by atoms with van der Waals surface area (Å²) in [6.45, 7) is 6.02. The maximum atomic E-state index is 13.9. The van der Waals surface area contributed by atoms with Gasteiger partial charge in [-0.1, -0.05) is 12.6 Å². The number of halogens is 2. The molecule has 0 unspecified atom stereocenters. The number of methoxy groups -OCH3 is 1. The van der Waals surface area contributed by atoms with Crippen LogP contribution >= 0.6 is 0 Å². The summed E-state index contributed by atoms with van der Waals surface area (Å²) in [7, 11) is 3.27. The fourth-order valence-corrected chi connectivity index (χ4v) is 3.78. The first kappa shape index (κ1) is 22.3. The summed E-state index contributed by atoms with van der Waals surface area (Å²) in [4.78, 5) is 18.8. The van der Waals surface area contributed by atoms with Gasteiger partial charge in [-0.3, -0.25) is 9.48 Å². The topological polar surface area (TPSA) is 84.3 Å². The van der Waals surface area contributed by atoms with Crippen molar-refractivity contribution in [3.05, 3.63) is 77.5 Å². The van der Waals surface area contributed by atoms with Crippen molar-refractivity contribution < 1.29 is 18.3 Å². The first-order valence-corrected chi connectivity index (χ1v) is 10.2. The molecule has 10 heteroatoms. The van der Waals surface area contributed by atoms with E-state index in [0.29, 0.717) is 29.5 Å². The highest BCUT2D eigenvalue weighted by Gasteiger charge is 2.35. The molecule has 0 saturated heterocycles. The smallest absolute Gasteiger partial charge is 0.255 e. The number of nitrogens with zero attached hydrogens (tertiary/aromatic N) is 4. The Hall–Kier alpha value is -3.95. The van der Waals surface area contributed by atoms with Gasteiger partial charge in [-0.05, 0) is 19.1 Å². The summed E-state index contributed by atoms with van der Waals surface area (Å²) in [5, 5.41) is 10.3. The van der Waals surface area contributed by atoms with E-state index >= 15 is 0 Å². The Bertz CT molecular complexity index is 1210. The Labute approximate surface area is 189 Å². The molecule has 0 aliphatic carbocycles. The van der Waals surface area contributed by atoms with Crippen LogP contribution in [0.15, 0.2) is 49.0 Å². The lowest BCUT2D eigenvalue weighted by molar-refractivity contribution is -0.117. The number of anilines is 3. The van der Waals surface area contributed by atoms with Gasteiger partial charge in [-0.25, -0.2) is 13.8 Å². The van der Waals surface area contributed by atoms with Gasteiger partial charge in [0.05, 0.1) is 36.9 Å². The molecule has 1 amide bonds. The van der Waals surface area contributed by atoms with Crippen LogP contribution in [0.4, 0.5) is 26.0 Å². The number of hydrogen-bond donors (Lipinski definition) is 2. The van der Waals surface area contributed by atoms with Gasteiger partial charge in [0, 0.05) is 37.0 Å². The average Bonchev–Trinajstić information content (AvgIpc) is 3.23. The molecule has 0 fully saturated rings. The molecule has 0 radical (unpaired) electrons. The highest BCUT2D eigenvalue weighted by atomic mass is 19.1. The molecule has 172 valence electrons. The van der Waals surface area contributed by atoms with E-state index in [9.17, 15) is 13.6 Å². The minimum Gasteiger partial charge on any atom is -0.499 e. The van der Waals surface area contributed by atoms with Gasteiger partial charge < -0.3 is 20.3 Å².